The Hall–Kier alpha value is -2.10. The van der Waals surface area contributed by atoms with Gasteiger partial charge in [-0.15, -0.1) is 23.2 Å². The molecule has 0 spiro atoms. The molecule has 2 aromatic carbocycles. The number of nitro groups is 2. The van der Waals surface area contributed by atoms with Crippen molar-refractivity contribution in [3.8, 4) is 11.5 Å². The Balaban J connectivity index is 0.000000466. The molecule has 0 bridgehead atoms. The Labute approximate surface area is 186 Å². The smallest absolute Gasteiger partial charge is 0.310 e. The van der Waals surface area contributed by atoms with Gasteiger partial charge in [0, 0.05) is 23.3 Å². The quantitative estimate of drug-likeness (QED) is 0.300. The molecule has 1 N–H and O–H groups in total. The number of benzene rings is 2. The molecule has 0 aliphatic rings. The lowest BCUT2D eigenvalue weighted by Crippen LogP contribution is -2.01. The minimum atomic E-state index is -0.616. The van der Waals surface area contributed by atoms with Crippen LogP contribution in [0.1, 0.15) is 11.1 Å². The molecule has 11 heteroatoms. The van der Waals surface area contributed by atoms with Crippen molar-refractivity contribution < 1.29 is 19.7 Å². The average molecular weight is 512 g/mol. The van der Waals surface area contributed by atoms with E-state index >= 15 is 0 Å². The molecule has 0 saturated heterocycles. The fourth-order valence-corrected chi connectivity index (χ4v) is 1.90. The summed E-state index contributed by atoms with van der Waals surface area (Å²) in [4.78, 5) is 19.7. The van der Waals surface area contributed by atoms with Crippen molar-refractivity contribution in [3.63, 3.8) is 0 Å². The van der Waals surface area contributed by atoms with E-state index in [0.717, 1.165) is 16.5 Å². The molecule has 0 aromatic heterocycles. The van der Waals surface area contributed by atoms with E-state index in [1.807, 2.05) is 6.92 Å². The maximum absolute atomic E-state index is 10.6. The Bertz CT molecular complexity index is 806. The van der Waals surface area contributed by atoms with E-state index in [0.29, 0.717) is 11.8 Å². The molecular formula is C18H21BrCl2N2O6. The van der Waals surface area contributed by atoms with Crippen LogP contribution in [-0.2, 0) is 0 Å². The molecule has 0 amide bonds. The SMILES string of the molecule is Cc1ccc([N+](=O)[O-])c(O)c1.Cc1ccc([N+](=O)[O-])c(OCCCl)c1.ClCCBr. The van der Waals surface area contributed by atoms with Gasteiger partial charge in [-0.3, -0.25) is 20.2 Å². The maximum Gasteiger partial charge on any atom is 0.310 e. The third-order valence-electron chi connectivity index (χ3n) is 3.05. The second-order valence-electron chi connectivity index (χ2n) is 5.39. The highest BCUT2D eigenvalue weighted by Crippen LogP contribution is 2.27. The summed E-state index contributed by atoms with van der Waals surface area (Å²) in [7, 11) is 0. The van der Waals surface area contributed by atoms with Crippen LogP contribution >= 0.6 is 39.1 Å². The van der Waals surface area contributed by atoms with Crippen LogP contribution in [0.2, 0.25) is 0 Å². The molecule has 8 nitrogen and oxygen atoms in total. The van der Waals surface area contributed by atoms with Gasteiger partial charge in [-0.1, -0.05) is 28.1 Å². The van der Waals surface area contributed by atoms with Crippen molar-refractivity contribution in [3.05, 3.63) is 67.8 Å². The van der Waals surface area contributed by atoms with Crippen molar-refractivity contribution in [2.75, 3.05) is 23.7 Å². The molecule has 29 heavy (non-hydrogen) atoms. The van der Waals surface area contributed by atoms with E-state index in [2.05, 4.69) is 15.9 Å². The standard InChI is InChI=1S/C9H10ClNO3.C7H7NO3.C2H4BrCl/c1-7-2-3-8(11(12)13)9(6-7)14-5-4-10;1-5-2-3-6(8(10)11)7(9)4-5;3-1-2-4/h2-3,6H,4-5H2,1H3;2-4,9H,1H3;1-2H2. The number of phenolic OH excluding ortho intramolecular Hbond substituents is 1. The van der Waals surface area contributed by atoms with Crippen LogP contribution in [0.5, 0.6) is 11.5 Å². The summed E-state index contributed by atoms with van der Waals surface area (Å²) in [5, 5.41) is 30.7. The number of nitrogens with zero attached hydrogens (tertiary/aromatic N) is 2. The number of phenols is 1. The zero-order valence-electron chi connectivity index (χ0n) is 15.8. The Morgan fingerprint density at radius 1 is 0.966 bits per heavy atom. The van der Waals surface area contributed by atoms with Gasteiger partial charge in [-0.25, -0.2) is 0 Å². The van der Waals surface area contributed by atoms with Crippen LogP contribution in [0.4, 0.5) is 11.4 Å². The lowest BCUT2D eigenvalue weighted by Gasteiger charge is -2.05. The normalized spacial score (nSPS) is 9.41. The van der Waals surface area contributed by atoms with E-state index in [1.54, 1.807) is 25.1 Å². The molecule has 0 atom stereocenters. The van der Waals surface area contributed by atoms with Gasteiger partial charge in [-0.2, -0.15) is 0 Å². The zero-order chi connectivity index (χ0) is 22.4. The number of alkyl halides is 3. The lowest BCUT2D eigenvalue weighted by atomic mass is 10.2. The summed E-state index contributed by atoms with van der Waals surface area (Å²) >= 11 is 13.7. The third-order valence-corrected chi connectivity index (χ3v) is 4.24. The van der Waals surface area contributed by atoms with Gasteiger partial charge in [0.25, 0.3) is 0 Å². The zero-order valence-corrected chi connectivity index (χ0v) is 18.9. The second kappa shape index (κ2) is 14.8. The summed E-state index contributed by atoms with van der Waals surface area (Å²) in [6.07, 6.45) is 0. The number of aryl methyl sites for hydroxylation is 2. The molecule has 0 aliphatic heterocycles. The van der Waals surface area contributed by atoms with Crippen molar-refractivity contribution in [2.45, 2.75) is 13.8 Å². The molecule has 2 rings (SSSR count). The van der Waals surface area contributed by atoms with Crippen molar-refractivity contribution in [1.29, 1.82) is 0 Å². The maximum atomic E-state index is 10.6. The molecule has 0 aliphatic carbocycles. The van der Waals surface area contributed by atoms with Crippen molar-refractivity contribution >= 4 is 50.5 Å². The Morgan fingerprint density at radius 2 is 1.45 bits per heavy atom. The van der Waals surface area contributed by atoms with Crippen LogP contribution in [0.25, 0.3) is 0 Å². The van der Waals surface area contributed by atoms with Gasteiger partial charge in [0.05, 0.1) is 15.7 Å². The van der Waals surface area contributed by atoms with E-state index in [4.69, 9.17) is 33.0 Å². The molecule has 0 heterocycles. The second-order valence-corrected chi connectivity index (χ2v) is 6.94. The number of ether oxygens (including phenoxy) is 1. The molecule has 0 radical (unpaired) electrons. The highest BCUT2D eigenvalue weighted by atomic mass is 79.9. The van der Waals surface area contributed by atoms with E-state index in [1.165, 1.54) is 18.2 Å². The minimum Gasteiger partial charge on any atom is -0.502 e. The first-order valence-corrected chi connectivity index (χ1v) is 10.4. The summed E-state index contributed by atoms with van der Waals surface area (Å²) in [5.41, 5.74) is 1.43. The van der Waals surface area contributed by atoms with Crippen LogP contribution in [0, 0.1) is 34.1 Å². The monoisotopic (exact) mass is 510 g/mol. The van der Waals surface area contributed by atoms with Gasteiger partial charge in [-0.05, 0) is 37.1 Å². The molecule has 0 unspecified atom stereocenters. The van der Waals surface area contributed by atoms with Gasteiger partial charge >= 0.3 is 11.4 Å². The number of hydrogen-bond acceptors (Lipinski definition) is 6. The highest BCUT2D eigenvalue weighted by molar-refractivity contribution is 9.09. The van der Waals surface area contributed by atoms with Gasteiger partial charge in [0.2, 0.25) is 0 Å². The lowest BCUT2D eigenvalue weighted by molar-refractivity contribution is -0.386. The van der Waals surface area contributed by atoms with E-state index in [9.17, 15) is 20.2 Å². The number of halogens is 3. The van der Waals surface area contributed by atoms with Gasteiger partial charge < -0.3 is 9.84 Å². The topological polar surface area (TPSA) is 116 Å². The first-order chi connectivity index (χ1) is 13.7. The van der Waals surface area contributed by atoms with Gasteiger partial charge in [0.1, 0.15) is 6.61 Å². The highest BCUT2D eigenvalue weighted by Gasteiger charge is 2.14. The molecule has 0 saturated carbocycles. The first kappa shape index (κ1) is 26.9. The van der Waals surface area contributed by atoms with Crippen LogP contribution in [0.15, 0.2) is 36.4 Å². The average Bonchev–Trinajstić information content (AvgIpc) is 2.66. The fraction of sp³-hybridized carbons (Fsp3) is 0.333. The number of aromatic hydroxyl groups is 1. The summed E-state index contributed by atoms with van der Waals surface area (Å²) < 4.78 is 5.15. The predicted octanol–water partition coefficient (Wildman–Crippen LogP) is 5.75. The van der Waals surface area contributed by atoms with E-state index in [-0.39, 0.29) is 29.5 Å². The number of rotatable bonds is 6. The molecule has 0 fully saturated rings. The van der Waals surface area contributed by atoms with Crippen molar-refractivity contribution in [1.82, 2.24) is 0 Å². The molecule has 160 valence electrons. The predicted molar refractivity (Wildman–Crippen MR) is 118 cm³/mol. The van der Waals surface area contributed by atoms with Gasteiger partial charge in [0.15, 0.2) is 11.5 Å². The number of hydrogen-bond donors (Lipinski definition) is 1. The summed E-state index contributed by atoms with van der Waals surface area (Å²) in [6.45, 7) is 3.87. The van der Waals surface area contributed by atoms with Crippen LogP contribution < -0.4 is 4.74 Å². The summed E-state index contributed by atoms with van der Waals surface area (Å²) in [5.74, 6) is 1.01. The first-order valence-electron chi connectivity index (χ1n) is 8.17. The Morgan fingerprint density at radius 3 is 1.86 bits per heavy atom. The molecule has 2 aromatic rings. The third kappa shape index (κ3) is 10.9. The van der Waals surface area contributed by atoms with Crippen LogP contribution in [-0.4, -0.2) is 38.7 Å². The number of nitro benzene ring substituents is 2. The molecular weight excluding hydrogens is 491 g/mol. The van der Waals surface area contributed by atoms with Crippen LogP contribution in [0.3, 0.4) is 0 Å². The largest absolute Gasteiger partial charge is 0.502 e. The summed E-state index contributed by atoms with van der Waals surface area (Å²) in [6, 6.07) is 8.95. The minimum absolute atomic E-state index is 0.0271. The Kier molecular flexibility index (Phi) is 13.8. The van der Waals surface area contributed by atoms with E-state index < -0.39 is 9.85 Å². The fourth-order valence-electron chi connectivity index (χ4n) is 1.82. The van der Waals surface area contributed by atoms with Crippen molar-refractivity contribution in [2.24, 2.45) is 0 Å².